The highest BCUT2D eigenvalue weighted by Crippen LogP contribution is 2.37. The summed E-state index contributed by atoms with van der Waals surface area (Å²) in [6.07, 6.45) is -4.61. The SMILES string of the molecule is CCC(C(=O)NC(C)(C)C)N(Cc1cccc(C)c1)C(=O)CN(c1cc(C(F)(F)F)ccc1Cl)S(=O)(=O)c1ccccc1. The van der Waals surface area contributed by atoms with E-state index in [9.17, 15) is 31.2 Å². The molecule has 0 radical (unpaired) electrons. The maximum Gasteiger partial charge on any atom is 0.416 e. The molecule has 3 aromatic rings. The lowest BCUT2D eigenvalue weighted by Gasteiger charge is -2.35. The van der Waals surface area contributed by atoms with Gasteiger partial charge in [-0.25, -0.2) is 8.42 Å². The minimum Gasteiger partial charge on any atom is -0.350 e. The van der Waals surface area contributed by atoms with Gasteiger partial charge in [0.25, 0.3) is 10.0 Å². The van der Waals surface area contributed by atoms with E-state index in [2.05, 4.69) is 5.32 Å². The van der Waals surface area contributed by atoms with Crippen LogP contribution in [0.2, 0.25) is 5.02 Å². The summed E-state index contributed by atoms with van der Waals surface area (Å²) >= 11 is 6.30. The average molecular weight is 638 g/mol. The van der Waals surface area contributed by atoms with Crippen LogP contribution in [-0.4, -0.2) is 43.3 Å². The molecule has 7 nitrogen and oxygen atoms in total. The largest absolute Gasteiger partial charge is 0.416 e. The van der Waals surface area contributed by atoms with Crippen LogP contribution in [0.3, 0.4) is 0 Å². The molecule has 1 unspecified atom stereocenters. The van der Waals surface area contributed by atoms with Gasteiger partial charge in [-0.05, 0) is 70.0 Å². The normalized spacial score (nSPS) is 12.9. The van der Waals surface area contributed by atoms with Crippen molar-refractivity contribution in [3.05, 3.63) is 94.5 Å². The summed E-state index contributed by atoms with van der Waals surface area (Å²) in [6.45, 7) is 7.97. The van der Waals surface area contributed by atoms with Gasteiger partial charge in [0.05, 0.1) is 21.2 Å². The van der Waals surface area contributed by atoms with Gasteiger partial charge in [-0.2, -0.15) is 13.2 Å². The first-order chi connectivity index (χ1) is 19.9. The molecule has 12 heteroatoms. The van der Waals surface area contributed by atoms with Crippen LogP contribution in [0.1, 0.15) is 50.8 Å². The van der Waals surface area contributed by atoms with E-state index in [1.807, 2.05) is 19.1 Å². The number of amides is 2. The van der Waals surface area contributed by atoms with Crippen LogP contribution in [0.15, 0.2) is 77.7 Å². The van der Waals surface area contributed by atoms with Gasteiger partial charge in [-0.15, -0.1) is 0 Å². The summed E-state index contributed by atoms with van der Waals surface area (Å²) in [5.41, 5.74) is -0.695. The van der Waals surface area contributed by atoms with E-state index in [1.165, 1.54) is 29.2 Å². The number of rotatable bonds is 10. The zero-order valence-electron chi connectivity index (χ0n) is 24.6. The van der Waals surface area contributed by atoms with Crippen LogP contribution in [0, 0.1) is 6.92 Å². The Bertz CT molecular complexity index is 1560. The van der Waals surface area contributed by atoms with Crippen molar-refractivity contribution in [3.63, 3.8) is 0 Å². The Kier molecular flexibility index (Phi) is 10.6. The maximum atomic E-state index is 14.1. The van der Waals surface area contributed by atoms with Gasteiger partial charge in [0.15, 0.2) is 0 Å². The van der Waals surface area contributed by atoms with E-state index < -0.39 is 57.4 Å². The molecule has 1 N–H and O–H groups in total. The Labute approximate surface area is 255 Å². The summed E-state index contributed by atoms with van der Waals surface area (Å²) in [4.78, 5) is 28.5. The number of benzene rings is 3. The number of nitrogens with zero attached hydrogens (tertiary/aromatic N) is 2. The van der Waals surface area contributed by atoms with Crippen molar-refractivity contribution in [2.45, 2.75) is 70.2 Å². The molecular weight excluding hydrogens is 603 g/mol. The lowest BCUT2D eigenvalue weighted by molar-refractivity contribution is -0.141. The number of sulfonamides is 1. The first-order valence-electron chi connectivity index (χ1n) is 13.6. The zero-order chi connectivity index (χ0) is 32.2. The minimum absolute atomic E-state index is 0.0495. The molecule has 1 atom stereocenters. The molecule has 0 aliphatic heterocycles. The van der Waals surface area contributed by atoms with E-state index in [4.69, 9.17) is 11.6 Å². The summed E-state index contributed by atoms with van der Waals surface area (Å²) in [5, 5.41) is 2.56. The zero-order valence-corrected chi connectivity index (χ0v) is 26.1. The van der Waals surface area contributed by atoms with Crippen molar-refractivity contribution in [3.8, 4) is 0 Å². The van der Waals surface area contributed by atoms with Crippen LogP contribution < -0.4 is 9.62 Å². The first-order valence-corrected chi connectivity index (χ1v) is 15.4. The number of halogens is 4. The molecule has 0 spiro atoms. The van der Waals surface area contributed by atoms with Gasteiger partial charge in [0.2, 0.25) is 11.8 Å². The molecule has 0 aromatic heterocycles. The molecule has 232 valence electrons. The number of carbonyl (C=O) groups excluding carboxylic acids is 2. The fraction of sp³-hybridized carbons (Fsp3) is 0.355. The fourth-order valence-corrected chi connectivity index (χ4v) is 6.21. The summed E-state index contributed by atoms with van der Waals surface area (Å²) < 4.78 is 69.5. The second kappa shape index (κ2) is 13.4. The highest BCUT2D eigenvalue weighted by atomic mass is 35.5. The van der Waals surface area contributed by atoms with Gasteiger partial charge >= 0.3 is 6.18 Å². The average Bonchev–Trinajstić information content (AvgIpc) is 2.90. The van der Waals surface area contributed by atoms with Crippen LogP contribution >= 0.6 is 11.6 Å². The molecule has 43 heavy (non-hydrogen) atoms. The maximum absolute atomic E-state index is 14.1. The highest BCUT2D eigenvalue weighted by molar-refractivity contribution is 7.92. The third-order valence-electron chi connectivity index (χ3n) is 6.47. The number of alkyl halides is 3. The standard InChI is InChI=1S/C31H35ClF3N3O4S/c1-6-26(29(40)36-30(3,4)5)37(19-22-12-10-11-21(2)17-22)28(39)20-38(43(41,42)24-13-8-7-9-14-24)27-18-23(31(33,34)35)15-16-25(27)32/h7-18,26H,6,19-20H2,1-5H3,(H,36,40). The van der Waals surface area contributed by atoms with Crippen LogP contribution in [-0.2, 0) is 32.3 Å². The predicted octanol–water partition coefficient (Wildman–Crippen LogP) is 6.58. The van der Waals surface area contributed by atoms with E-state index in [1.54, 1.807) is 45.9 Å². The Morgan fingerprint density at radius 3 is 2.16 bits per heavy atom. The Balaban J connectivity index is 2.17. The van der Waals surface area contributed by atoms with Crippen molar-refractivity contribution in [2.75, 3.05) is 10.8 Å². The lowest BCUT2D eigenvalue weighted by atomic mass is 10.0. The van der Waals surface area contributed by atoms with E-state index in [0.29, 0.717) is 15.9 Å². The van der Waals surface area contributed by atoms with Crippen LogP contribution in [0.4, 0.5) is 18.9 Å². The Hall–Kier alpha value is -3.57. The van der Waals surface area contributed by atoms with Crippen molar-refractivity contribution in [2.24, 2.45) is 0 Å². The second-order valence-electron chi connectivity index (χ2n) is 11.2. The molecule has 3 rings (SSSR count). The van der Waals surface area contributed by atoms with Crippen molar-refractivity contribution < 1.29 is 31.2 Å². The molecule has 0 heterocycles. The molecule has 3 aromatic carbocycles. The Morgan fingerprint density at radius 2 is 1.60 bits per heavy atom. The third kappa shape index (κ3) is 8.73. The van der Waals surface area contributed by atoms with Gasteiger partial charge < -0.3 is 10.2 Å². The molecule has 0 bridgehead atoms. The van der Waals surface area contributed by atoms with Gasteiger partial charge in [-0.1, -0.05) is 66.6 Å². The molecule has 0 saturated heterocycles. The molecule has 0 aliphatic carbocycles. The summed E-state index contributed by atoms with van der Waals surface area (Å²) in [6, 6.07) is 15.5. The summed E-state index contributed by atoms with van der Waals surface area (Å²) in [5.74, 6) is -1.25. The fourth-order valence-electron chi connectivity index (χ4n) is 4.49. The predicted molar refractivity (Wildman–Crippen MR) is 161 cm³/mol. The molecular formula is C31H35ClF3N3O4S. The quantitative estimate of drug-likeness (QED) is 0.272. The second-order valence-corrected chi connectivity index (χ2v) is 13.4. The molecule has 2 amide bonds. The van der Waals surface area contributed by atoms with E-state index in [0.717, 1.165) is 17.7 Å². The van der Waals surface area contributed by atoms with Crippen molar-refractivity contribution >= 4 is 39.1 Å². The van der Waals surface area contributed by atoms with Gasteiger partial charge in [0, 0.05) is 12.1 Å². The third-order valence-corrected chi connectivity index (χ3v) is 8.57. The number of hydrogen-bond acceptors (Lipinski definition) is 4. The number of hydrogen-bond donors (Lipinski definition) is 1. The van der Waals surface area contributed by atoms with Crippen molar-refractivity contribution in [1.29, 1.82) is 0 Å². The summed E-state index contributed by atoms with van der Waals surface area (Å²) in [7, 11) is -4.60. The van der Waals surface area contributed by atoms with Gasteiger partial charge in [0.1, 0.15) is 12.6 Å². The van der Waals surface area contributed by atoms with Gasteiger partial charge in [-0.3, -0.25) is 13.9 Å². The molecule has 0 saturated carbocycles. The van der Waals surface area contributed by atoms with E-state index >= 15 is 0 Å². The van der Waals surface area contributed by atoms with Crippen molar-refractivity contribution in [1.82, 2.24) is 10.2 Å². The smallest absolute Gasteiger partial charge is 0.350 e. The van der Waals surface area contributed by atoms with Crippen LogP contribution in [0.25, 0.3) is 0 Å². The Morgan fingerprint density at radius 1 is 0.953 bits per heavy atom. The first kappa shape index (κ1) is 33.9. The number of carbonyl (C=O) groups is 2. The molecule has 0 aliphatic rings. The van der Waals surface area contributed by atoms with Crippen LogP contribution in [0.5, 0.6) is 0 Å². The number of nitrogens with one attached hydrogen (secondary N) is 1. The lowest BCUT2D eigenvalue weighted by Crippen LogP contribution is -2.55. The molecule has 0 fully saturated rings. The minimum atomic E-state index is -4.80. The monoisotopic (exact) mass is 637 g/mol. The highest BCUT2D eigenvalue weighted by Gasteiger charge is 2.37. The number of anilines is 1. The number of aryl methyl sites for hydroxylation is 1. The van der Waals surface area contributed by atoms with E-state index in [-0.39, 0.29) is 22.9 Å². The topological polar surface area (TPSA) is 86.8 Å².